The lowest BCUT2D eigenvalue weighted by Crippen LogP contribution is -2.12. The van der Waals surface area contributed by atoms with Crippen molar-refractivity contribution in [2.24, 2.45) is 0 Å². The Morgan fingerprint density at radius 1 is 1.11 bits per heavy atom. The lowest BCUT2D eigenvalue weighted by atomic mass is 10.1. The molecule has 2 N–H and O–H groups in total. The fourth-order valence-corrected chi connectivity index (χ4v) is 4.33. The Labute approximate surface area is 174 Å². The van der Waals surface area contributed by atoms with Gasteiger partial charge in [-0.15, -0.1) is 10.2 Å². The molecule has 0 atom stereocenters. The van der Waals surface area contributed by atoms with Crippen molar-refractivity contribution in [3.05, 3.63) is 76.9 Å². The number of thioether (sulfide) groups is 1. The molecule has 2 heterocycles. The number of rotatable bonds is 6. The first-order valence-corrected chi connectivity index (χ1v) is 10.5. The maximum Gasteiger partial charge on any atom is 0.275 e. The summed E-state index contributed by atoms with van der Waals surface area (Å²) in [7, 11) is 0. The second-order valence-corrected chi connectivity index (χ2v) is 8.42. The average molecular weight is 428 g/mol. The number of hydrogen-bond acceptors (Lipinski definition) is 6. The van der Waals surface area contributed by atoms with Crippen molar-refractivity contribution in [3.8, 4) is 11.3 Å². The number of anilines is 1. The number of aromatic nitrogens is 4. The quantitative estimate of drug-likeness (QED) is 0.329. The molecule has 0 spiro atoms. The summed E-state index contributed by atoms with van der Waals surface area (Å²) in [4.78, 5) is 12.4. The molecule has 0 fully saturated rings. The summed E-state index contributed by atoms with van der Waals surface area (Å²) in [5, 5.41) is 18.9. The second kappa shape index (κ2) is 8.55. The summed E-state index contributed by atoms with van der Waals surface area (Å²) in [6.07, 6.45) is 0. The van der Waals surface area contributed by atoms with E-state index in [9.17, 15) is 4.79 Å². The number of hydrogen-bond donors (Lipinski definition) is 2. The molecule has 4 rings (SSSR count). The van der Waals surface area contributed by atoms with Gasteiger partial charge in [0.2, 0.25) is 5.13 Å². The molecule has 2 aromatic carbocycles. The number of carbonyl (C=O) groups is 1. The summed E-state index contributed by atoms with van der Waals surface area (Å²) < 4.78 is 0.795. The van der Waals surface area contributed by atoms with E-state index in [0.29, 0.717) is 21.5 Å². The van der Waals surface area contributed by atoms with Crippen LogP contribution in [0.15, 0.2) is 65.0 Å². The summed E-state index contributed by atoms with van der Waals surface area (Å²) in [5.74, 6) is 0.476. The predicted molar refractivity (Wildman–Crippen MR) is 113 cm³/mol. The smallest absolute Gasteiger partial charge is 0.275 e. The SMILES string of the molecule is O=C(Nc1nnc(SCc2ccccc2)s1)c1cc(-c2cccc(Cl)c2)n[nH]1. The number of benzene rings is 2. The normalized spacial score (nSPS) is 10.8. The Hall–Kier alpha value is -2.68. The van der Waals surface area contributed by atoms with E-state index in [-0.39, 0.29) is 5.91 Å². The Morgan fingerprint density at radius 2 is 1.96 bits per heavy atom. The number of nitrogens with zero attached hydrogens (tertiary/aromatic N) is 3. The first-order valence-electron chi connectivity index (χ1n) is 8.30. The number of aromatic amines is 1. The maximum absolute atomic E-state index is 12.4. The monoisotopic (exact) mass is 427 g/mol. The molecule has 28 heavy (non-hydrogen) atoms. The number of nitrogens with one attached hydrogen (secondary N) is 2. The van der Waals surface area contributed by atoms with E-state index < -0.39 is 0 Å². The van der Waals surface area contributed by atoms with Crippen LogP contribution in [0.2, 0.25) is 5.02 Å². The molecular weight excluding hydrogens is 414 g/mol. The Kier molecular flexibility index (Phi) is 5.70. The van der Waals surface area contributed by atoms with Gasteiger partial charge in [-0.2, -0.15) is 5.10 Å². The van der Waals surface area contributed by atoms with Gasteiger partial charge in [-0.05, 0) is 23.8 Å². The van der Waals surface area contributed by atoms with Crippen LogP contribution in [-0.2, 0) is 5.75 Å². The first-order chi connectivity index (χ1) is 13.7. The molecule has 0 aliphatic carbocycles. The highest BCUT2D eigenvalue weighted by Gasteiger charge is 2.14. The highest BCUT2D eigenvalue weighted by Crippen LogP contribution is 2.28. The van der Waals surface area contributed by atoms with Crippen molar-refractivity contribution < 1.29 is 4.79 Å². The molecule has 0 saturated carbocycles. The summed E-state index contributed by atoms with van der Waals surface area (Å²) in [6.45, 7) is 0. The van der Waals surface area contributed by atoms with Gasteiger partial charge in [-0.1, -0.05) is 77.2 Å². The van der Waals surface area contributed by atoms with Gasteiger partial charge in [0.05, 0.1) is 5.69 Å². The van der Waals surface area contributed by atoms with Gasteiger partial charge in [0.1, 0.15) is 5.69 Å². The van der Waals surface area contributed by atoms with Crippen molar-refractivity contribution in [2.75, 3.05) is 5.32 Å². The van der Waals surface area contributed by atoms with Gasteiger partial charge < -0.3 is 0 Å². The Balaban J connectivity index is 1.38. The van der Waals surface area contributed by atoms with E-state index in [1.807, 2.05) is 30.3 Å². The van der Waals surface area contributed by atoms with Crippen LogP contribution in [0.5, 0.6) is 0 Å². The Bertz CT molecular complexity index is 1100. The van der Waals surface area contributed by atoms with Crippen LogP contribution >= 0.6 is 34.7 Å². The molecule has 0 unspecified atom stereocenters. The van der Waals surface area contributed by atoms with Crippen molar-refractivity contribution in [3.63, 3.8) is 0 Å². The molecule has 4 aromatic rings. The third-order valence-corrected chi connectivity index (χ3v) is 6.05. The molecular formula is C19H14ClN5OS2. The standard InChI is InChI=1S/C19H14ClN5OS2/c20-14-8-4-7-13(9-14)15-10-16(23-22-15)17(26)21-18-24-25-19(28-18)27-11-12-5-2-1-3-6-12/h1-10H,11H2,(H,22,23)(H,21,24,26). The third-order valence-electron chi connectivity index (χ3n) is 3.77. The molecule has 1 amide bonds. The van der Waals surface area contributed by atoms with Crippen molar-refractivity contribution in [1.82, 2.24) is 20.4 Å². The second-order valence-electron chi connectivity index (χ2n) is 5.78. The fraction of sp³-hybridized carbons (Fsp3) is 0.0526. The van der Waals surface area contributed by atoms with Gasteiger partial charge >= 0.3 is 0 Å². The minimum absolute atomic E-state index is 0.323. The van der Waals surface area contributed by atoms with Gasteiger partial charge in [0.25, 0.3) is 5.91 Å². The highest BCUT2D eigenvalue weighted by atomic mass is 35.5. The van der Waals surface area contributed by atoms with Crippen molar-refractivity contribution in [2.45, 2.75) is 10.1 Å². The van der Waals surface area contributed by atoms with Gasteiger partial charge in [0, 0.05) is 16.3 Å². The molecule has 2 aromatic heterocycles. The summed E-state index contributed by atoms with van der Waals surface area (Å²) >= 11 is 8.92. The minimum atomic E-state index is -0.323. The number of halogens is 1. The molecule has 140 valence electrons. The zero-order valence-electron chi connectivity index (χ0n) is 14.4. The molecule has 0 radical (unpaired) electrons. The van der Waals surface area contributed by atoms with E-state index in [1.54, 1.807) is 30.0 Å². The molecule has 0 aliphatic rings. The minimum Gasteiger partial charge on any atom is -0.295 e. The molecule has 0 bridgehead atoms. The van der Waals surface area contributed by atoms with Gasteiger partial charge in [-0.3, -0.25) is 15.2 Å². The third kappa shape index (κ3) is 4.59. The lowest BCUT2D eigenvalue weighted by Gasteiger charge is -1.98. The van der Waals surface area contributed by atoms with Crippen LogP contribution < -0.4 is 5.32 Å². The van der Waals surface area contributed by atoms with E-state index in [0.717, 1.165) is 15.7 Å². The number of H-pyrrole nitrogens is 1. The lowest BCUT2D eigenvalue weighted by molar-refractivity contribution is 0.102. The predicted octanol–water partition coefficient (Wildman–Crippen LogP) is 5.13. The highest BCUT2D eigenvalue weighted by molar-refractivity contribution is 8.00. The summed E-state index contributed by atoms with van der Waals surface area (Å²) in [5.41, 5.74) is 3.02. The Morgan fingerprint density at radius 3 is 2.79 bits per heavy atom. The van der Waals surface area contributed by atoms with Crippen molar-refractivity contribution >= 4 is 45.7 Å². The molecule has 0 saturated heterocycles. The van der Waals surface area contributed by atoms with Crippen LogP contribution in [0.25, 0.3) is 11.3 Å². The van der Waals surface area contributed by atoms with E-state index >= 15 is 0 Å². The molecule has 9 heteroatoms. The van der Waals surface area contributed by atoms with Crippen LogP contribution in [-0.4, -0.2) is 26.3 Å². The largest absolute Gasteiger partial charge is 0.295 e. The maximum atomic E-state index is 12.4. The first kappa shape index (κ1) is 18.7. The zero-order valence-corrected chi connectivity index (χ0v) is 16.8. The van der Waals surface area contributed by atoms with Crippen LogP contribution in [0.3, 0.4) is 0 Å². The van der Waals surface area contributed by atoms with Crippen molar-refractivity contribution in [1.29, 1.82) is 0 Å². The zero-order chi connectivity index (χ0) is 19.3. The number of amides is 1. The van der Waals surface area contributed by atoms with Crippen LogP contribution in [0.1, 0.15) is 16.1 Å². The summed E-state index contributed by atoms with van der Waals surface area (Å²) in [6, 6.07) is 19.1. The van der Waals surface area contributed by atoms with Crippen LogP contribution in [0, 0.1) is 0 Å². The fourth-order valence-electron chi connectivity index (χ4n) is 2.44. The average Bonchev–Trinajstić information content (AvgIpc) is 3.37. The van der Waals surface area contributed by atoms with Crippen LogP contribution in [0.4, 0.5) is 5.13 Å². The van der Waals surface area contributed by atoms with E-state index in [4.69, 9.17) is 11.6 Å². The molecule has 0 aliphatic heterocycles. The van der Waals surface area contributed by atoms with E-state index in [2.05, 4.69) is 37.8 Å². The van der Waals surface area contributed by atoms with Gasteiger partial charge in [-0.25, -0.2) is 0 Å². The van der Waals surface area contributed by atoms with E-state index in [1.165, 1.54) is 16.9 Å². The van der Waals surface area contributed by atoms with Gasteiger partial charge in [0.15, 0.2) is 4.34 Å². The topological polar surface area (TPSA) is 83.6 Å². The number of carbonyl (C=O) groups excluding carboxylic acids is 1. The molecule has 6 nitrogen and oxygen atoms in total.